The van der Waals surface area contributed by atoms with Gasteiger partial charge in [-0.1, -0.05) is 29.8 Å². The van der Waals surface area contributed by atoms with Crippen molar-refractivity contribution in [2.45, 2.75) is 31.0 Å². The van der Waals surface area contributed by atoms with Gasteiger partial charge >= 0.3 is 6.18 Å². The normalized spacial score (nSPS) is 12.3. The second kappa shape index (κ2) is 8.52. The van der Waals surface area contributed by atoms with Gasteiger partial charge in [-0.15, -0.1) is 4.83 Å². The SMILES string of the molecule is CC(C)n1nc(C(=O)NNS(=O)(=O)c2cc(C(F)(F)F)ccc2Cl)c2ccccc2c1=O. The highest BCUT2D eigenvalue weighted by atomic mass is 35.5. The quantitative estimate of drug-likeness (QED) is 0.536. The Morgan fingerprint density at radius 3 is 2.34 bits per heavy atom. The molecule has 0 bridgehead atoms. The minimum atomic E-state index is -4.80. The topological polar surface area (TPSA) is 110 Å². The third-order valence-corrected chi connectivity index (χ3v) is 6.11. The van der Waals surface area contributed by atoms with E-state index in [-0.39, 0.29) is 16.5 Å². The number of nitrogens with zero attached hydrogens (tertiary/aromatic N) is 2. The van der Waals surface area contributed by atoms with Crippen molar-refractivity contribution in [3.05, 3.63) is 69.1 Å². The minimum absolute atomic E-state index is 0.170. The van der Waals surface area contributed by atoms with E-state index >= 15 is 0 Å². The van der Waals surface area contributed by atoms with Crippen LogP contribution in [0.5, 0.6) is 0 Å². The Balaban J connectivity index is 1.97. The first-order valence-corrected chi connectivity index (χ1v) is 10.9. The maximum atomic E-state index is 12.9. The number of halogens is 4. The molecule has 2 aromatic carbocycles. The summed E-state index contributed by atoms with van der Waals surface area (Å²) in [6, 6.07) is 7.46. The van der Waals surface area contributed by atoms with Crippen LogP contribution in [0.2, 0.25) is 5.02 Å². The van der Waals surface area contributed by atoms with Gasteiger partial charge in [0.25, 0.3) is 21.5 Å². The van der Waals surface area contributed by atoms with Crippen LogP contribution in [0.25, 0.3) is 10.8 Å². The minimum Gasteiger partial charge on any atom is -0.272 e. The van der Waals surface area contributed by atoms with Gasteiger partial charge in [-0.2, -0.15) is 18.3 Å². The third kappa shape index (κ3) is 4.61. The molecule has 0 saturated carbocycles. The number of amides is 1. The molecule has 8 nitrogen and oxygen atoms in total. The lowest BCUT2D eigenvalue weighted by atomic mass is 10.1. The maximum absolute atomic E-state index is 12.9. The lowest BCUT2D eigenvalue weighted by Crippen LogP contribution is -2.43. The number of alkyl halides is 3. The van der Waals surface area contributed by atoms with Crippen LogP contribution in [-0.2, 0) is 16.2 Å². The molecule has 0 atom stereocenters. The van der Waals surface area contributed by atoms with Crippen molar-refractivity contribution in [1.82, 2.24) is 20.0 Å². The molecule has 0 spiro atoms. The van der Waals surface area contributed by atoms with Gasteiger partial charge < -0.3 is 0 Å². The lowest BCUT2D eigenvalue weighted by molar-refractivity contribution is -0.137. The van der Waals surface area contributed by atoms with Crippen molar-refractivity contribution in [2.24, 2.45) is 0 Å². The molecule has 2 N–H and O–H groups in total. The highest BCUT2D eigenvalue weighted by molar-refractivity contribution is 7.89. The van der Waals surface area contributed by atoms with E-state index in [2.05, 4.69) is 5.10 Å². The van der Waals surface area contributed by atoms with Gasteiger partial charge in [0.2, 0.25) is 0 Å². The third-order valence-electron chi connectivity index (χ3n) is 4.38. The summed E-state index contributed by atoms with van der Waals surface area (Å²) >= 11 is 5.76. The van der Waals surface area contributed by atoms with Crippen LogP contribution in [0.15, 0.2) is 52.2 Å². The largest absolute Gasteiger partial charge is 0.416 e. The zero-order valence-electron chi connectivity index (χ0n) is 16.6. The molecule has 0 aliphatic carbocycles. The molecule has 0 saturated heterocycles. The van der Waals surface area contributed by atoms with Crippen LogP contribution < -0.4 is 15.8 Å². The maximum Gasteiger partial charge on any atom is 0.416 e. The van der Waals surface area contributed by atoms with E-state index in [0.717, 1.165) is 10.7 Å². The molecule has 0 radical (unpaired) electrons. The first kappa shape index (κ1) is 23.7. The van der Waals surface area contributed by atoms with Crippen LogP contribution in [0.3, 0.4) is 0 Å². The summed E-state index contributed by atoms with van der Waals surface area (Å²) in [4.78, 5) is 26.1. The number of carbonyl (C=O) groups excluding carboxylic acids is 1. The predicted molar refractivity (Wildman–Crippen MR) is 111 cm³/mol. The number of sulfonamides is 1. The number of aromatic nitrogens is 2. The predicted octanol–water partition coefficient (Wildman–Crippen LogP) is 3.27. The molecular weight excluding hydrogens is 473 g/mol. The van der Waals surface area contributed by atoms with E-state index in [0.29, 0.717) is 12.1 Å². The summed E-state index contributed by atoms with van der Waals surface area (Å²) < 4.78 is 64.9. The number of hydrogen-bond acceptors (Lipinski definition) is 5. The van der Waals surface area contributed by atoms with Crippen molar-refractivity contribution < 1.29 is 26.4 Å². The van der Waals surface area contributed by atoms with Gasteiger partial charge in [-0.25, -0.2) is 13.1 Å². The molecular formula is C19H16ClF3N4O4S. The fourth-order valence-corrected chi connectivity index (χ4v) is 4.20. The first-order valence-electron chi connectivity index (χ1n) is 9.03. The van der Waals surface area contributed by atoms with Crippen molar-refractivity contribution in [2.75, 3.05) is 0 Å². The van der Waals surface area contributed by atoms with E-state index in [4.69, 9.17) is 11.6 Å². The average Bonchev–Trinajstić information content (AvgIpc) is 2.71. The number of benzene rings is 2. The second-order valence-corrected chi connectivity index (χ2v) is 9.00. The number of rotatable bonds is 5. The monoisotopic (exact) mass is 488 g/mol. The van der Waals surface area contributed by atoms with Crippen molar-refractivity contribution in [3.63, 3.8) is 0 Å². The Morgan fingerprint density at radius 2 is 1.75 bits per heavy atom. The summed E-state index contributed by atoms with van der Waals surface area (Å²) in [7, 11) is -4.67. The molecule has 3 aromatic rings. The summed E-state index contributed by atoms with van der Waals surface area (Å²) in [5.74, 6) is -1.03. The molecule has 1 heterocycles. The number of nitrogens with one attached hydrogen (secondary N) is 2. The molecule has 0 aliphatic rings. The number of fused-ring (bicyclic) bond motifs is 1. The summed E-state index contributed by atoms with van der Waals surface area (Å²) in [5.41, 5.74) is -0.0239. The molecule has 3 rings (SSSR count). The number of hydrogen-bond donors (Lipinski definition) is 2. The molecule has 1 aromatic heterocycles. The van der Waals surface area contributed by atoms with E-state index < -0.39 is 49.2 Å². The molecule has 1 amide bonds. The molecule has 170 valence electrons. The van der Waals surface area contributed by atoms with E-state index in [1.54, 1.807) is 30.8 Å². The first-order chi connectivity index (χ1) is 14.8. The molecule has 32 heavy (non-hydrogen) atoms. The fraction of sp³-hybridized carbons (Fsp3) is 0.211. The van der Waals surface area contributed by atoms with Crippen LogP contribution in [-0.4, -0.2) is 24.1 Å². The van der Waals surface area contributed by atoms with Gasteiger partial charge in [-0.3, -0.25) is 15.0 Å². The zero-order valence-corrected chi connectivity index (χ0v) is 18.1. The van der Waals surface area contributed by atoms with Crippen molar-refractivity contribution >= 4 is 38.3 Å². The van der Waals surface area contributed by atoms with Crippen LogP contribution in [0.4, 0.5) is 13.2 Å². The summed E-state index contributed by atoms with van der Waals surface area (Å²) in [6.45, 7) is 3.34. The Kier molecular flexibility index (Phi) is 6.31. The van der Waals surface area contributed by atoms with E-state index in [1.807, 2.05) is 5.43 Å². The second-order valence-electron chi connectivity index (χ2n) is 6.94. The number of carbonyl (C=O) groups is 1. The Labute approximate surface area is 185 Å². The highest BCUT2D eigenvalue weighted by Gasteiger charge is 2.33. The van der Waals surface area contributed by atoms with E-state index in [9.17, 15) is 31.2 Å². The van der Waals surface area contributed by atoms with Gasteiger partial charge in [0.05, 0.1) is 22.0 Å². The van der Waals surface area contributed by atoms with E-state index in [1.165, 1.54) is 12.1 Å². The molecule has 0 unspecified atom stereocenters. The smallest absolute Gasteiger partial charge is 0.272 e. The lowest BCUT2D eigenvalue weighted by Gasteiger charge is -2.15. The Bertz CT molecular complexity index is 1370. The van der Waals surface area contributed by atoms with Gasteiger partial charge in [0.15, 0.2) is 5.69 Å². The summed E-state index contributed by atoms with van der Waals surface area (Å²) in [6.07, 6.45) is -4.80. The fourth-order valence-electron chi connectivity index (χ4n) is 2.84. The van der Waals surface area contributed by atoms with Gasteiger partial charge in [0, 0.05) is 5.39 Å². The standard InChI is InChI=1S/C19H16ClF3N4O4S/c1-10(2)27-18(29)13-6-4-3-5-12(13)16(25-27)17(28)24-26-32(30,31)15-9-11(19(21,22)23)7-8-14(15)20/h3-10,26H,1-2H3,(H,24,28). The molecule has 0 fully saturated rings. The van der Waals surface area contributed by atoms with Gasteiger partial charge in [-0.05, 0) is 38.1 Å². The average molecular weight is 489 g/mol. The molecule has 0 aliphatic heterocycles. The van der Waals surface area contributed by atoms with Crippen LogP contribution in [0, 0.1) is 0 Å². The van der Waals surface area contributed by atoms with Crippen molar-refractivity contribution in [3.8, 4) is 0 Å². The van der Waals surface area contributed by atoms with Crippen LogP contribution >= 0.6 is 11.6 Å². The number of hydrazine groups is 1. The Hall–Kier alpha value is -2.96. The van der Waals surface area contributed by atoms with Crippen LogP contribution in [0.1, 0.15) is 35.9 Å². The van der Waals surface area contributed by atoms with Crippen molar-refractivity contribution in [1.29, 1.82) is 0 Å². The van der Waals surface area contributed by atoms with Gasteiger partial charge in [0.1, 0.15) is 4.90 Å². The Morgan fingerprint density at radius 1 is 1.12 bits per heavy atom. The molecule has 13 heteroatoms. The highest BCUT2D eigenvalue weighted by Crippen LogP contribution is 2.33. The zero-order chi connectivity index (χ0) is 23.8. The summed E-state index contributed by atoms with van der Waals surface area (Å²) in [5, 5.41) is 3.90.